The quantitative estimate of drug-likeness (QED) is 0.775. The highest BCUT2D eigenvalue weighted by Crippen LogP contribution is 2.18. The molecule has 0 aliphatic heterocycles. The third-order valence-corrected chi connectivity index (χ3v) is 1.84. The van der Waals surface area contributed by atoms with E-state index in [-0.39, 0.29) is 18.7 Å². The zero-order valence-electron chi connectivity index (χ0n) is 7.78. The molecule has 82 valence electrons. The van der Waals surface area contributed by atoms with Crippen molar-refractivity contribution >= 4 is 5.91 Å². The van der Waals surface area contributed by atoms with Gasteiger partial charge in [-0.05, 0) is 18.1 Å². The van der Waals surface area contributed by atoms with E-state index in [4.69, 9.17) is 10.8 Å². The first-order chi connectivity index (χ1) is 7.06. The van der Waals surface area contributed by atoms with Gasteiger partial charge in [-0.25, -0.2) is 13.8 Å². The molecule has 0 unspecified atom stereocenters. The zero-order valence-corrected chi connectivity index (χ0v) is 7.78. The van der Waals surface area contributed by atoms with E-state index in [1.54, 1.807) is 0 Å². The molecule has 0 aliphatic rings. The van der Waals surface area contributed by atoms with Crippen molar-refractivity contribution in [3.8, 4) is 0 Å². The summed E-state index contributed by atoms with van der Waals surface area (Å²) >= 11 is 0. The van der Waals surface area contributed by atoms with Crippen LogP contribution in [0.25, 0.3) is 0 Å². The Hall–Kier alpha value is -1.56. The van der Waals surface area contributed by atoms with Gasteiger partial charge < -0.3 is 10.8 Å². The van der Waals surface area contributed by atoms with Crippen LogP contribution in [0.15, 0.2) is 12.1 Å². The second-order valence-electron chi connectivity index (χ2n) is 2.88. The molecule has 1 amide bonds. The number of aromatic nitrogens is 1. The fourth-order valence-corrected chi connectivity index (χ4v) is 1.16. The molecule has 1 aromatic rings. The lowest BCUT2D eigenvalue weighted by Gasteiger charge is -2.06. The minimum atomic E-state index is -2.74. The molecule has 6 heteroatoms. The maximum atomic E-state index is 12.3. The maximum Gasteiger partial charge on any atom is 0.280 e. The van der Waals surface area contributed by atoms with Crippen molar-refractivity contribution in [2.45, 2.75) is 12.8 Å². The number of amides is 1. The van der Waals surface area contributed by atoms with Crippen LogP contribution in [0.5, 0.6) is 0 Å². The highest BCUT2D eigenvalue weighted by Gasteiger charge is 2.15. The molecule has 1 aromatic heterocycles. The Labute approximate surface area is 84.7 Å². The van der Waals surface area contributed by atoms with Gasteiger partial charge in [-0.2, -0.15) is 0 Å². The van der Waals surface area contributed by atoms with Crippen molar-refractivity contribution < 1.29 is 18.7 Å². The Morgan fingerprint density at radius 3 is 2.67 bits per heavy atom. The van der Waals surface area contributed by atoms with Gasteiger partial charge in [0.2, 0.25) is 0 Å². The molecule has 0 saturated heterocycles. The van der Waals surface area contributed by atoms with Gasteiger partial charge in [0.15, 0.2) is 0 Å². The van der Waals surface area contributed by atoms with Gasteiger partial charge in [0, 0.05) is 6.61 Å². The molecule has 4 nitrogen and oxygen atoms in total. The predicted molar refractivity (Wildman–Crippen MR) is 48.5 cm³/mol. The smallest absolute Gasteiger partial charge is 0.280 e. The number of aliphatic hydroxyl groups excluding tert-OH is 1. The fraction of sp³-hybridized carbons (Fsp3) is 0.333. The van der Waals surface area contributed by atoms with Gasteiger partial charge in [-0.15, -0.1) is 0 Å². The van der Waals surface area contributed by atoms with Crippen LogP contribution >= 0.6 is 0 Å². The van der Waals surface area contributed by atoms with Gasteiger partial charge >= 0.3 is 0 Å². The summed E-state index contributed by atoms with van der Waals surface area (Å²) in [7, 11) is 0. The molecular formula is C9H10F2N2O2. The number of carbonyl (C=O) groups is 1. The average Bonchev–Trinajstić information content (AvgIpc) is 2.18. The molecule has 1 heterocycles. The first kappa shape index (κ1) is 11.5. The van der Waals surface area contributed by atoms with Crippen LogP contribution in [-0.2, 0) is 6.42 Å². The molecule has 1 rings (SSSR count). The minimum Gasteiger partial charge on any atom is -0.396 e. The van der Waals surface area contributed by atoms with Crippen LogP contribution in [0.4, 0.5) is 8.78 Å². The molecule has 0 spiro atoms. The van der Waals surface area contributed by atoms with Gasteiger partial charge in [0.25, 0.3) is 12.3 Å². The van der Waals surface area contributed by atoms with Crippen LogP contribution in [0, 0.1) is 0 Å². The molecule has 15 heavy (non-hydrogen) atoms. The van der Waals surface area contributed by atoms with Crippen molar-refractivity contribution in [2.24, 2.45) is 5.73 Å². The van der Waals surface area contributed by atoms with Crippen molar-refractivity contribution in [1.82, 2.24) is 4.98 Å². The summed E-state index contributed by atoms with van der Waals surface area (Å²) in [4.78, 5) is 14.4. The Morgan fingerprint density at radius 2 is 2.20 bits per heavy atom. The molecule has 0 atom stereocenters. The molecule has 0 aliphatic carbocycles. The Morgan fingerprint density at radius 1 is 1.53 bits per heavy atom. The summed E-state index contributed by atoms with van der Waals surface area (Å²) in [6.07, 6.45) is -2.58. The molecular weight excluding hydrogens is 206 g/mol. The summed E-state index contributed by atoms with van der Waals surface area (Å²) < 4.78 is 24.5. The standard InChI is InChI=1S/C9H10F2N2O2/c10-8(11)6-2-1-5(3-4-14)7(13-6)9(12)15/h1-2,8,14H,3-4H2,(H2,12,15). The van der Waals surface area contributed by atoms with E-state index >= 15 is 0 Å². The van der Waals surface area contributed by atoms with Crippen LogP contribution in [0.3, 0.4) is 0 Å². The van der Waals surface area contributed by atoms with E-state index in [0.29, 0.717) is 5.56 Å². The van der Waals surface area contributed by atoms with E-state index in [2.05, 4.69) is 4.98 Å². The SMILES string of the molecule is NC(=O)c1nc(C(F)F)ccc1CCO. The van der Waals surface area contributed by atoms with Gasteiger partial charge in [-0.3, -0.25) is 4.79 Å². The number of hydrogen-bond acceptors (Lipinski definition) is 3. The third-order valence-electron chi connectivity index (χ3n) is 1.84. The number of rotatable bonds is 4. The number of nitrogens with two attached hydrogens (primary N) is 1. The lowest BCUT2D eigenvalue weighted by molar-refractivity contribution is 0.0992. The fourth-order valence-electron chi connectivity index (χ4n) is 1.16. The largest absolute Gasteiger partial charge is 0.396 e. The summed E-state index contributed by atoms with van der Waals surface area (Å²) in [5, 5.41) is 8.68. The van der Waals surface area contributed by atoms with Gasteiger partial charge in [-0.1, -0.05) is 6.07 Å². The van der Waals surface area contributed by atoms with Crippen LogP contribution in [-0.4, -0.2) is 22.6 Å². The lowest BCUT2D eigenvalue weighted by Crippen LogP contribution is -2.17. The van der Waals surface area contributed by atoms with E-state index < -0.39 is 18.0 Å². The summed E-state index contributed by atoms with van der Waals surface area (Å²) in [5.41, 5.74) is 4.65. The first-order valence-electron chi connectivity index (χ1n) is 4.25. The third kappa shape index (κ3) is 2.69. The summed E-state index contributed by atoms with van der Waals surface area (Å²) in [6, 6.07) is 2.44. The number of primary amides is 1. The molecule has 0 aromatic carbocycles. The Bertz CT molecular complexity index is 369. The predicted octanol–water partition coefficient (Wildman–Crippen LogP) is 0.653. The number of hydrogen-bond donors (Lipinski definition) is 2. The van der Waals surface area contributed by atoms with Crippen molar-refractivity contribution in [1.29, 1.82) is 0 Å². The number of carbonyl (C=O) groups excluding carboxylic acids is 1. The topological polar surface area (TPSA) is 76.2 Å². The van der Waals surface area contributed by atoms with Crippen LogP contribution < -0.4 is 5.73 Å². The van der Waals surface area contributed by atoms with E-state index in [9.17, 15) is 13.6 Å². The Balaban J connectivity index is 3.14. The molecule has 0 radical (unpaired) electrons. The molecule has 0 bridgehead atoms. The number of alkyl halides is 2. The van der Waals surface area contributed by atoms with E-state index in [0.717, 1.165) is 6.07 Å². The number of nitrogens with zero attached hydrogens (tertiary/aromatic N) is 1. The van der Waals surface area contributed by atoms with Crippen molar-refractivity contribution in [2.75, 3.05) is 6.61 Å². The highest BCUT2D eigenvalue weighted by atomic mass is 19.3. The second-order valence-corrected chi connectivity index (χ2v) is 2.88. The highest BCUT2D eigenvalue weighted by molar-refractivity contribution is 5.92. The monoisotopic (exact) mass is 216 g/mol. The van der Waals surface area contributed by atoms with Crippen LogP contribution in [0.2, 0.25) is 0 Å². The normalized spacial score (nSPS) is 10.7. The average molecular weight is 216 g/mol. The second kappa shape index (κ2) is 4.79. The first-order valence-corrected chi connectivity index (χ1v) is 4.25. The van der Waals surface area contributed by atoms with Crippen molar-refractivity contribution in [3.05, 3.63) is 29.1 Å². The molecule has 0 saturated carbocycles. The number of aliphatic hydroxyl groups is 1. The van der Waals surface area contributed by atoms with E-state index in [1.807, 2.05) is 0 Å². The van der Waals surface area contributed by atoms with Gasteiger partial charge in [0.1, 0.15) is 11.4 Å². The summed E-state index contributed by atoms with van der Waals surface area (Å²) in [5.74, 6) is -0.874. The zero-order chi connectivity index (χ0) is 11.4. The lowest BCUT2D eigenvalue weighted by atomic mass is 10.1. The maximum absolute atomic E-state index is 12.3. The van der Waals surface area contributed by atoms with E-state index in [1.165, 1.54) is 6.07 Å². The number of pyridine rings is 1. The van der Waals surface area contributed by atoms with Gasteiger partial charge in [0.05, 0.1) is 0 Å². The number of halogens is 2. The molecule has 3 N–H and O–H groups in total. The van der Waals surface area contributed by atoms with Crippen LogP contribution in [0.1, 0.15) is 28.2 Å². The Kier molecular flexibility index (Phi) is 3.68. The van der Waals surface area contributed by atoms with Crippen molar-refractivity contribution in [3.63, 3.8) is 0 Å². The summed E-state index contributed by atoms with van der Waals surface area (Å²) in [6.45, 7) is -0.198. The minimum absolute atomic E-state index is 0.161. The molecule has 0 fully saturated rings.